The quantitative estimate of drug-likeness (QED) is 0.784. The number of benzene rings is 1. The molecular formula is C12H14N4O3. The number of hydrogen-bond donors (Lipinski definition) is 0. The van der Waals surface area contributed by atoms with Gasteiger partial charge in [-0.15, -0.1) is 5.10 Å². The first-order chi connectivity index (χ1) is 9.22. The predicted octanol–water partition coefficient (Wildman–Crippen LogP) is 2.03. The zero-order valence-corrected chi connectivity index (χ0v) is 10.7. The standard InChI is InChI=1S/C12H14N4O3/c1-3-18-12(17)19-9(2)16-11(13-14-15-16)10-7-5-4-6-8-10/h4-9H,3H2,1-2H3/t9-/m0/s1. The van der Waals surface area contributed by atoms with Crippen molar-refractivity contribution in [2.24, 2.45) is 0 Å². The Balaban J connectivity index is 2.18. The van der Waals surface area contributed by atoms with Crippen LogP contribution in [0.15, 0.2) is 30.3 Å². The molecule has 0 aliphatic carbocycles. The molecule has 7 nitrogen and oxygen atoms in total. The van der Waals surface area contributed by atoms with Crippen LogP contribution in [-0.4, -0.2) is 33.0 Å². The molecule has 1 heterocycles. The Morgan fingerprint density at radius 3 is 2.79 bits per heavy atom. The monoisotopic (exact) mass is 262 g/mol. The first-order valence-corrected chi connectivity index (χ1v) is 5.89. The van der Waals surface area contributed by atoms with Crippen molar-refractivity contribution in [3.05, 3.63) is 30.3 Å². The number of aromatic nitrogens is 4. The first-order valence-electron chi connectivity index (χ1n) is 5.89. The molecule has 0 aliphatic heterocycles. The average molecular weight is 262 g/mol. The van der Waals surface area contributed by atoms with Crippen LogP contribution in [-0.2, 0) is 9.47 Å². The molecule has 0 unspecified atom stereocenters. The molecule has 2 rings (SSSR count). The van der Waals surface area contributed by atoms with Gasteiger partial charge in [0.15, 0.2) is 12.1 Å². The normalized spacial score (nSPS) is 11.9. The second-order valence-electron chi connectivity index (χ2n) is 3.71. The first kappa shape index (κ1) is 13.0. The summed E-state index contributed by atoms with van der Waals surface area (Å²) in [5, 5.41) is 11.4. The molecule has 0 N–H and O–H groups in total. The van der Waals surface area contributed by atoms with Crippen LogP contribution in [0.1, 0.15) is 20.1 Å². The van der Waals surface area contributed by atoms with Crippen LogP contribution in [0, 0.1) is 0 Å². The Kier molecular flexibility index (Phi) is 4.07. The highest BCUT2D eigenvalue weighted by Crippen LogP contribution is 2.19. The van der Waals surface area contributed by atoms with Crippen molar-refractivity contribution in [1.82, 2.24) is 20.2 Å². The smallest absolute Gasteiger partial charge is 0.435 e. The van der Waals surface area contributed by atoms with Crippen LogP contribution in [0.2, 0.25) is 0 Å². The van der Waals surface area contributed by atoms with Gasteiger partial charge in [-0.05, 0) is 24.3 Å². The lowest BCUT2D eigenvalue weighted by Gasteiger charge is -2.13. The topological polar surface area (TPSA) is 79.1 Å². The van der Waals surface area contributed by atoms with Crippen molar-refractivity contribution < 1.29 is 14.3 Å². The minimum Gasteiger partial charge on any atom is -0.435 e. The molecule has 0 saturated heterocycles. The van der Waals surface area contributed by atoms with Gasteiger partial charge >= 0.3 is 6.16 Å². The number of ether oxygens (including phenoxy) is 2. The average Bonchev–Trinajstić information content (AvgIpc) is 2.89. The van der Waals surface area contributed by atoms with Crippen LogP contribution in [0.3, 0.4) is 0 Å². The third-order valence-electron chi connectivity index (χ3n) is 2.40. The van der Waals surface area contributed by atoms with E-state index in [1.165, 1.54) is 4.68 Å². The van der Waals surface area contributed by atoms with Crippen LogP contribution in [0.4, 0.5) is 4.79 Å². The van der Waals surface area contributed by atoms with Crippen LogP contribution >= 0.6 is 0 Å². The molecule has 0 radical (unpaired) electrons. The highest BCUT2D eigenvalue weighted by atomic mass is 16.7. The van der Waals surface area contributed by atoms with E-state index in [2.05, 4.69) is 15.5 Å². The largest absolute Gasteiger partial charge is 0.510 e. The van der Waals surface area contributed by atoms with Gasteiger partial charge in [0.2, 0.25) is 0 Å². The Morgan fingerprint density at radius 2 is 2.11 bits per heavy atom. The fourth-order valence-corrected chi connectivity index (χ4v) is 1.56. The fourth-order valence-electron chi connectivity index (χ4n) is 1.56. The van der Waals surface area contributed by atoms with Crippen LogP contribution in [0.25, 0.3) is 11.4 Å². The van der Waals surface area contributed by atoms with E-state index >= 15 is 0 Å². The van der Waals surface area contributed by atoms with Gasteiger partial charge in [0.1, 0.15) is 0 Å². The zero-order valence-electron chi connectivity index (χ0n) is 10.7. The molecule has 0 saturated carbocycles. The third-order valence-corrected chi connectivity index (χ3v) is 2.40. The molecule has 7 heteroatoms. The maximum absolute atomic E-state index is 11.3. The van der Waals surface area contributed by atoms with Crippen molar-refractivity contribution >= 4 is 6.16 Å². The van der Waals surface area contributed by atoms with E-state index in [9.17, 15) is 4.79 Å². The number of tetrazole rings is 1. The van der Waals surface area contributed by atoms with Gasteiger partial charge < -0.3 is 9.47 Å². The number of hydrogen-bond acceptors (Lipinski definition) is 6. The molecule has 0 bridgehead atoms. The second kappa shape index (κ2) is 5.94. The molecule has 1 aromatic heterocycles. The van der Waals surface area contributed by atoms with Gasteiger partial charge in [-0.1, -0.05) is 30.3 Å². The summed E-state index contributed by atoms with van der Waals surface area (Å²) < 4.78 is 11.2. The van der Waals surface area contributed by atoms with Crippen LogP contribution < -0.4 is 0 Å². The summed E-state index contributed by atoms with van der Waals surface area (Å²) in [4.78, 5) is 11.3. The summed E-state index contributed by atoms with van der Waals surface area (Å²) in [5.41, 5.74) is 0.840. The van der Waals surface area contributed by atoms with E-state index in [0.717, 1.165) is 5.56 Å². The number of carbonyl (C=O) groups excluding carboxylic acids is 1. The summed E-state index contributed by atoms with van der Waals surface area (Å²) in [6, 6.07) is 9.41. The molecular weight excluding hydrogens is 248 g/mol. The van der Waals surface area contributed by atoms with Crippen molar-refractivity contribution in [2.45, 2.75) is 20.1 Å². The predicted molar refractivity (Wildman–Crippen MR) is 66.1 cm³/mol. The van der Waals surface area contributed by atoms with E-state index < -0.39 is 12.4 Å². The molecule has 0 spiro atoms. The second-order valence-corrected chi connectivity index (χ2v) is 3.71. The van der Waals surface area contributed by atoms with E-state index in [-0.39, 0.29) is 6.61 Å². The molecule has 100 valence electrons. The molecule has 0 aliphatic rings. The van der Waals surface area contributed by atoms with Gasteiger partial charge in [0.05, 0.1) is 6.61 Å². The Morgan fingerprint density at radius 1 is 1.37 bits per heavy atom. The molecule has 1 atom stereocenters. The number of rotatable bonds is 4. The van der Waals surface area contributed by atoms with E-state index in [4.69, 9.17) is 9.47 Å². The number of nitrogens with zero attached hydrogens (tertiary/aromatic N) is 4. The molecule has 0 amide bonds. The van der Waals surface area contributed by atoms with Gasteiger partial charge in [-0.3, -0.25) is 0 Å². The van der Waals surface area contributed by atoms with Crippen molar-refractivity contribution in [2.75, 3.05) is 6.61 Å². The minimum atomic E-state index is -0.746. The third kappa shape index (κ3) is 3.06. The SMILES string of the molecule is CCOC(=O)O[C@@H](C)n1nnnc1-c1ccccc1. The minimum absolute atomic E-state index is 0.257. The Bertz CT molecular complexity index is 541. The van der Waals surface area contributed by atoms with Crippen molar-refractivity contribution in [3.8, 4) is 11.4 Å². The lowest BCUT2D eigenvalue weighted by molar-refractivity contribution is 0.00146. The summed E-state index contributed by atoms with van der Waals surface area (Å²) in [7, 11) is 0. The molecule has 19 heavy (non-hydrogen) atoms. The summed E-state index contributed by atoms with van der Waals surface area (Å²) in [6.07, 6.45) is -1.39. The maximum Gasteiger partial charge on any atom is 0.510 e. The molecule has 0 fully saturated rings. The summed E-state index contributed by atoms with van der Waals surface area (Å²) in [5.74, 6) is 0.525. The number of carbonyl (C=O) groups is 1. The van der Waals surface area contributed by atoms with Crippen LogP contribution in [0.5, 0.6) is 0 Å². The highest BCUT2D eigenvalue weighted by Gasteiger charge is 2.18. The zero-order chi connectivity index (χ0) is 13.7. The molecule has 1 aromatic carbocycles. The van der Waals surface area contributed by atoms with Crippen molar-refractivity contribution in [1.29, 1.82) is 0 Å². The molecule has 2 aromatic rings. The highest BCUT2D eigenvalue weighted by molar-refractivity contribution is 5.60. The summed E-state index contributed by atoms with van der Waals surface area (Å²) in [6.45, 7) is 3.63. The van der Waals surface area contributed by atoms with Gasteiger partial charge in [0, 0.05) is 5.56 Å². The van der Waals surface area contributed by atoms with Gasteiger partial charge in [0.25, 0.3) is 0 Å². The fraction of sp³-hybridized carbons (Fsp3) is 0.333. The lowest BCUT2D eigenvalue weighted by atomic mass is 10.2. The Hall–Kier alpha value is -2.44. The van der Waals surface area contributed by atoms with E-state index in [1.54, 1.807) is 13.8 Å². The Labute approximate surface area is 110 Å². The van der Waals surface area contributed by atoms with E-state index in [1.807, 2.05) is 30.3 Å². The van der Waals surface area contributed by atoms with Gasteiger partial charge in [-0.2, -0.15) is 4.68 Å². The summed E-state index contributed by atoms with van der Waals surface area (Å²) >= 11 is 0. The van der Waals surface area contributed by atoms with Crippen molar-refractivity contribution in [3.63, 3.8) is 0 Å². The van der Waals surface area contributed by atoms with Gasteiger partial charge in [-0.25, -0.2) is 4.79 Å². The van der Waals surface area contributed by atoms with E-state index in [0.29, 0.717) is 5.82 Å². The maximum atomic E-state index is 11.3. The lowest BCUT2D eigenvalue weighted by Crippen LogP contribution is -2.17.